The summed E-state index contributed by atoms with van der Waals surface area (Å²) in [4.78, 5) is 35.1. The molecule has 228 valence electrons. The molecule has 0 unspecified atom stereocenters. The molecule has 2 aliphatic rings. The maximum atomic E-state index is 13.9. The molecule has 4 aromatic rings. The van der Waals surface area contributed by atoms with Gasteiger partial charge in [-0.3, -0.25) is 9.58 Å². The quantitative estimate of drug-likeness (QED) is 0.287. The van der Waals surface area contributed by atoms with E-state index in [4.69, 9.17) is 9.72 Å². The Bertz CT molecular complexity index is 1680. The second-order valence-electron chi connectivity index (χ2n) is 12.3. The Hall–Kier alpha value is -4.93. The number of alkyl carbamates (subject to hydrolysis) is 1. The fourth-order valence-electron chi connectivity index (χ4n) is 5.72. The average Bonchev–Trinajstić information content (AvgIpc) is 3.45. The molecule has 3 amide bonds. The van der Waals surface area contributed by atoms with Crippen molar-refractivity contribution < 1.29 is 14.3 Å². The first kappa shape index (κ1) is 29.2. The number of hydrogen-bond acceptors (Lipinski definition) is 7. The summed E-state index contributed by atoms with van der Waals surface area (Å²) >= 11 is 0. The molecule has 4 heterocycles. The lowest BCUT2D eigenvalue weighted by atomic mass is 9.99. The Labute approximate surface area is 257 Å². The molecule has 0 radical (unpaired) electrons. The summed E-state index contributed by atoms with van der Waals surface area (Å²) in [5, 5.41) is 14.3. The van der Waals surface area contributed by atoms with Gasteiger partial charge in [0.2, 0.25) is 0 Å². The first-order valence-corrected chi connectivity index (χ1v) is 15.0. The van der Waals surface area contributed by atoms with Gasteiger partial charge in [0.25, 0.3) is 0 Å². The minimum Gasteiger partial charge on any atom is -0.444 e. The van der Waals surface area contributed by atoms with Crippen LogP contribution in [0.15, 0.2) is 66.9 Å². The molecule has 0 aliphatic carbocycles. The molecule has 1 fully saturated rings. The van der Waals surface area contributed by atoms with Crippen molar-refractivity contribution in [3.8, 4) is 22.5 Å². The van der Waals surface area contributed by atoms with Gasteiger partial charge in [0.15, 0.2) is 5.82 Å². The SMILES string of the molecule is Cc1cccc(-c2ccc3c(n2)N(C(=O)Nc2cccc(-c4cn(CCNC(=O)OC(C)(C)C)nn4)c2)[C@H]2CCCN3C2)c1. The molecular weight excluding hydrogens is 556 g/mol. The number of aromatic nitrogens is 4. The maximum Gasteiger partial charge on any atom is 0.407 e. The second kappa shape index (κ2) is 12.0. The van der Waals surface area contributed by atoms with Crippen LogP contribution in [-0.2, 0) is 11.3 Å². The molecular formula is C33H38N8O3. The Balaban J connectivity index is 1.18. The third-order valence-corrected chi connectivity index (χ3v) is 7.68. The molecule has 44 heavy (non-hydrogen) atoms. The van der Waals surface area contributed by atoms with Gasteiger partial charge in [-0.2, -0.15) is 0 Å². The summed E-state index contributed by atoms with van der Waals surface area (Å²) in [5.74, 6) is 0.691. The smallest absolute Gasteiger partial charge is 0.407 e. The van der Waals surface area contributed by atoms with E-state index in [2.05, 4.69) is 57.0 Å². The zero-order valence-corrected chi connectivity index (χ0v) is 25.6. The number of amides is 3. The minimum absolute atomic E-state index is 0.0360. The van der Waals surface area contributed by atoms with Gasteiger partial charge in [-0.15, -0.1) is 5.10 Å². The van der Waals surface area contributed by atoms with Gasteiger partial charge in [-0.1, -0.05) is 41.1 Å². The van der Waals surface area contributed by atoms with E-state index in [9.17, 15) is 9.59 Å². The van der Waals surface area contributed by atoms with Crippen LogP contribution in [0.4, 0.5) is 26.8 Å². The van der Waals surface area contributed by atoms with E-state index in [0.717, 1.165) is 54.0 Å². The van der Waals surface area contributed by atoms with E-state index < -0.39 is 11.7 Å². The number of aryl methyl sites for hydroxylation is 1. The molecule has 2 aromatic carbocycles. The standard InChI is InChI=1S/C33H38N8O3/c1-22-8-5-9-23(18-22)27-13-14-29-30(36-27)41(26-12-7-16-39(29)20-26)31(42)35-25-11-6-10-24(19-25)28-21-40(38-37-28)17-15-34-32(43)44-33(2,3)4/h5-6,8-11,13-14,18-19,21,26H,7,12,15-17,20H2,1-4H3,(H,34,43)(H,35,42)/t26-/m0/s1. The molecule has 2 aromatic heterocycles. The fourth-order valence-corrected chi connectivity index (χ4v) is 5.72. The molecule has 2 bridgehead atoms. The number of urea groups is 1. The van der Waals surface area contributed by atoms with Crippen molar-refractivity contribution in [3.63, 3.8) is 0 Å². The molecule has 2 aliphatic heterocycles. The van der Waals surface area contributed by atoms with E-state index in [1.807, 2.05) is 68.3 Å². The normalized spacial score (nSPS) is 15.9. The summed E-state index contributed by atoms with van der Waals surface area (Å²) in [6.45, 7) is 10.1. The van der Waals surface area contributed by atoms with Gasteiger partial charge in [0, 0.05) is 36.4 Å². The van der Waals surface area contributed by atoms with Crippen LogP contribution in [-0.4, -0.2) is 63.4 Å². The highest BCUT2D eigenvalue weighted by Crippen LogP contribution is 2.39. The molecule has 1 atom stereocenters. The minimum atomic E-state index is -0.556. The zero-order valence-electron chi connectivity index (χ0n) is 25.6. The van der Waals surface area contributed by atoms with Crippen LogP contribution in [0.2, 0.25) is 0 Å². The van der Waals surface area contributed by atoms with Crippen molar-refractivity contribution in [2.45, 2.75) is 58.7 Å². The summed E-state index contributed by atoms with van der Waals surface area (Å²) < 4.78 is 6.93. The van der Waals surface area contributed by atoms with Gasteiger partial charge in [0.05, 0.1) is 30.2 Å². The number of nitrogens with zero attached hydrogens (tertiary/aromatic N) is 6. The van der Waals surface area contributed by atoms with Gasteiger partial charge >= 0.3 is 12.1 Å². The molecule has 11 heteroatoms. The fraction of sp³-hybridized carbons (Fsp3) is 0.364. The summed E-state index contributed by atoms with van der Waals surface area (Å²) in [6.07, 6.45) is 3.28. The average molecular weight is 595 g/mol. The highest BCUT2D eigenvalue weighted by molar-refractivity contribution is 6.04. The monoisotopic (exact) mass is 594 g/mol. The first-order chi connectivity index (χ1) is 21.1. The third-order valence-electron chi connectivity index (χ3n) is 7.68. The number of nitrogens with one attached hydrogen (secondary N) is 2. The lowest BCUT2D eigenvalue weighted by Gasteiger charge is -2.45. The lowest BCUT2D eigenvalue weighted by Crippen LogP contribution is -2.56. The molecule has 0 spiro atoms. The van der Waals surface area contributed by atoms with Crippen LogP contribution in [0.5, 0.6) is 0 Å². The largest absolute Gasteiger partial charge is 0.444 e. The molecule has 11 nitrogen and oxygen atoms in total. The van der Waals surface area contributed by atoms with Crippen molar-refractivity contribution in [2.75, 3.05) is 34.8 Å². The molecule has 2 N–H and O–H groups in total. The van der Waals surface area contributed by atoms with Crippen molar-refractivity contribution in [1.82, 2.24) is 25.3 Å². The van der Waals surface area contributed by atoms with Gasteiger partial charge in [-0.25, -0.2) is 14.6 Å². The number of fused-ring (bicyclic) bond motifs is 4. The van der Waals surface area contributed by atoms with Gasteiger partial charge < -0.3 is 20.3 Å². The highest BCUT2D eigenvalue weighted by Gasteiger charge is 2.38. The maximum absolute atomic E-state index is 13.9. The van der Waals surface area contributed by atoms with E-state index in [1.165, 1.54) is 0 Å². The number of piperidine rings is 1. The van der Waals surface area contributed by atoms with Crippen molar-refractivity contribution in [1.29, 1.82) is 0 Å². The zero-order chi connectivity index (χ0) is 30.8. The van der Waals surface area contributed by atoms with Crippen LogP contribution in [0, 0.1) is 6.92 Å². The predicted molar refractivity (Wildman–Crippen MR) is 171 cm³/mol. The number of hydrogen-bond donors (Lipinski definition) is 2. The number of rotatable bonds is 6. The van der Waals surface area contributed by atoms with E-state index in [-0.39, 0.29) is 12.1 Å². The van der Waals surface area contributed by atoms with Crippen LogP contribution in [0.3, 0.4) is 0 Å². The van der Waals surface area contributed by atoms with E-state index >= 15 is 0 Å². The third kappa shape index (κ3) is 6.51. The predicted octanol–water partition coefficient (Wildman–Crippen LogP) is 5.86. The first-order valence-electron chi connectivity index (χ1n) is 15.0. The number of benzene rings is 2. The Kier molecular flexibility index (Phi) is 7.94. The summed E-state index contributed by atoms with van der Waals surface area (Å²) in [6, 6.07) is 19.8. The van der Waals surface area contributed by atoms with Crippen molar-refractivity contribution in [3.05, 3.63) is 72.4 Å². The topological polar surface area (TPSA) is 118 Å². The number of anilines is 3. The molecule has 6 rings (SSSR count). The number of pyridine rings is 1. The van der Waals surface area contributed by atoms with E-state index in [1.54, 1.807) is 4.68 Å². The molecule has 1 saturated heterocycles. The Morgan fingerprint density at radius 3 is 2.61 bits per heavy atom. The van der Waals surface area contributed by atoms with Crippen LogP contribution < -0.4 is 20.4 Å². The number of ether oxygens (including phenoxy) is 1. The van der Waals surface area contributed by atoms with Gasteiger partial charge in [-0.05, 0) is 70.9 Å². The van der Waals surface area contributed by atoms with Crippen LogP contribution in [0.25, 0.3) is 22.5 Å². The summed E-state index contributed by atoms with van der Waals surface area (Å²) in [7, 11) is 0. The lowest BCUT2D eigenvalue weighted by molar-refractivity contribution is 0.0525. The second-order valence-corrected chi connectivity index (χ2v) is 12.3. The van der Waals surface area contributed by atoms with Crippen LogP contribution in [0.1, 0.15) is 39.2 Å². The van der Waals surface area contributed by atoms with E-state index in [0.29, 0.717) is 30.3 Å². The summed E-state index contributed by atoms with van der Waals surface area (Å²) in [5.41, 5.74) is 5.60. The van der Waals surface area contributed by atoms with Crippen LogP contribution >= 0.6 is 0 Å². The number of carbonyl (C=O) groups is 2. The Morgan fingerprint density at radius 1 is 1.02 bits per heavy atom. The number of carbonyl (C=O) groups excluding carboxylic acids is 2. The highest BCUT2D eigenvalue weighted by atomic mass is 16.6. The van der Waals surface area contributed by atoms with Crippen molar-refractivity contribution in [2.24, 2.45) is 0 Å². The molecule has 0 saturated carbocycles. The Morgan fingerprint density at radius 2 is 1.82 bits per heavy atom. The van der Waals surface area contributed by atoms with Crippen molar-refractivity contribution >= 4 is 29.3 Å². The van der Waals surface area contributed by atoms with Gasteiger partial charge in [0.1, 0.15) is 11.3 Å².